The van der Waals surface area contributed by atoms with Crippen molar-refractivity contribution in [2.24, 2.45) is 0 Å². The fourth-order valence-corrected chi connectivity index (χ4v) is 2.00. The number of nitrogens with zero attached hydrogens (tertiary/aromatic N) is 1. The molecule has 0 saturated carbocycles. The minimum Gasteiger partial charge on any atom is -0.478 e. The van der Waals surface area contributed by atoms with Gasteiger partial charge in [0, 0.05) is 11.1 Å². The smallest absolute Gasteiger partial charge is 0.337 e. The van der Waals surface area contributed by atoms with E-state index in [1.165, 1.54) is 11.3 Å². The molecule has 3 N–H and O–H groups in total. The molecule has 0 radical (unpaired) electrons. The van der Waals surface area contributed by atoms with Gasteiger partial charge in [-0.25, -0.2) is 14.0 Å². The van der Waals surface area contributed by atoms with E-state index in [9.17, 15) is 14.0 Å². The highest BCUT2D eigenvalue weighted by atomic mass is 32.1. The average molecular weight is 295 g/mol. The standard InChI is InChI=1S/C12H10FN3O3S/c13-7-1-2-9(11(17)18)10(3-7)16-12(19)15-5-8-4-14-6-20-8/h1-4,6H,5H2,(H,17,18)(H2,15,16,19). The molecule has 0 aliphatic carbocycles. The van der Waals surface area contributed by atoms with Gasteiger partial charge in [-0.2, -0.15) is 0 Å². The Kier molecular flexibility index (Phi) is 4.26. The maximum absolute atomic E-state index is 13.1. The summed E-state index contributed by atoms with van der Waals surface area (Å²) in [7, 11) is 0. The van der Waals surface area contributed by atoms with E-state index in [1.807, 2.05) is 0 Å². The number of benzene rings is 1. The lowest BCUT2D eigenvalue weighted by Crippen LogP contribution is -2.28. The van der Waals surface area contributed by atoms with E-state index in [4.69, 9.17) is 5.11 Å². The molecule has 0 aliphatic rings. The van der Waals surface area contributed by atoms with Crippen molar-refractivity contribution in [3.05, 3.63) is 46.2 Å². The summed E-state index contributed by atoms with van der Waals surface area (Å²) in [5.41, 5.74) is 1.35. The molecular weight excluding hydrogens is 285 g/mol. The van der Waals surface area contributed by atoms with E-state index in [-0.39, 0.29) is 17.8 Å². The Labute approximate surface area is 117 Å². The number of hydrogen-bond donors (Lipinski definition) is 3. The first-order valence-corrected chi connectivity index (χ1v) is 6.39. The summed E-state index contributed by atoms with van der Waals surface area (Å²) >= 11 is 1.37. The fraction of sp³-hybridized carbons (Fsp3) is 0.0833. The molecule has 0 bridgehead atoms. The molecule has 0 unspecified atom stereocenters. The van der Waals surface area contributed by atoms with Crippen molar-refractivity contribution in [1.82, 2.24) is 10.3 Å². The summed E-state index contributed by atoms with van der Waals surface area (Å²) in [6.45, 7) is 0.258. The molecule has 0 aliphatic heterocycles. The molecule has 1 aromatic carbocycles. The van der Waals surface area contributed by atoms with Gasteiger partial charge in [-0.1, -0.05) is 0 Å². The van der Waals surface area contributed by atoms with Gasteiger partial charge < -0.3 is 15.7 Å². The summed E-state index contributed by atoms with van der Waals surface area (Å²) in [6.07, 6.45) is 1.61. The van der Waals surface area contributed by atoms with Crippen LogP contribution in [-0.4, -0.2) is 22.1 Å². The third kappa shape index (κ3) is 3.51. The lowest BCUT2D eigenvalue weighted by atomic mass is 10.2. The van der Waals surface area contributed by atoms with E-state index < -0.39 is 17.8 Å². The Morgan fingerprint density at radius 1 is 1.40 bits per heavy atom. The second kappa shape index (κ2) is 6.11. The Morgan fingerprint density at radius 3 is 2.85 bits per heavy atom. The maximum Gasteiger partial charge on any atom is 0.337 e. The van der Waals surface area contributed by atoms with Crippen LogP contribution in [0.1, 0.15) is 15.2 Å². The number of aromatic carboxylic acids is 1. The molecule has 20 heavy (non-hydrogen) atoms. The van der Waals surface area contributed by atoms with Crippen LogP contribution < -0.4 is 10.6 Å². The van der Waals surface area contributed by atoms with E-state index in [0.717, 1.165) is 23.1 Å². The highest BCUT2D eigenvalue weighted by Crippen LogP contribution is 2.17. The van der Waals surface area contributed by atoms with Crippen molar-refractivity contribution in [2.45, 2.75) is 6.54 Å². The van der Waals surface area contributed by atoms with Gasteiger partial charge in [0.15, 0.2) is 0 Å². The molecule has 0 saturated heterocycles. The van der Waals surface area contributed by atoms with E-state index in [0.29, 0.717) is 0 Å². The molecule has 8 heteroatoms. The van der Waals surface area contributed by atoms with Crippen molar-refractivity contribution in [2.75, 3.05) is 5.32 Å². The van der Waals surface area contributed by atoms with Gasteiger partial charge >= 0.3 is 12.0 Å². The largest absolute Gasteiger partial charge is 0.478 e. The first-order valence-electron chi connectivity index (χ1n) is 5.51. The third-order valence-electron chi connectivity index (χ3n) is 2.37. The lowest BCUT2D eigenvalue weighted by molar-refractivity contribution is 0.0698. The number of amides is 2. The second-order valence-corrected chi connectivity index (χ2v) is 4.74. The quantitative estimate of drug-likeness (QED) is 0.807. The van der Waals surface area contributed by atoms with Crippen molar-refractivity contribution in [3.63, 3.8) is 0 Å². The summed E-state index contributed by atoms with van der Waals surface area (Å²) in [4.78, 5) is 27.3. The number of carbonyl (C=O) groups is 2. The van der Waals surface area contributed by atoms with Crippen LogP contribution in [0, 0.1) is 5.82 Å². The van der Waals surface area contributed by atoms with Crippen molar-refractivity contribution in [1.29, 1.82) is 0 Å². The predicted molar refractivity (Wildman–Crippen MR) is 71.3 cm³/mol. The van der Waals surface area contributed by atoms with Crippen LogP contribution in [-0.2, 0) is 6.54 Å². The Balaban J connectivity index is 2.03. The van der Waals surface area contributed by atoms with Gasteiger partial charge in [0.25, 0.3) is 0 Å². The van der Waals surface area contributed by atoms with Crippen molar-refractivity contribution >= 4 is 29.0 Å². The minimum atomic E-state index is -1.25. The highest BCUT2D eigenvalue weighted by Gasteiger charge is 2.13. The van der Waals surface area contributed by atoms with Crippen molar-refractivity contribution in [3.8, 4) is 0 Å². The van der Waals surface area contributed by atoms with Gasteiger partial charge in [0.2, 0.25) is 0 Å². The van der Waals surface area contributed by atoms with Crippen LogP contribution in [0.4, 0.5) is 14.9 Å². The Morgan fingerprint density at radius 2 is 2.20 bits per heavy atom. The molecule has 0 fully saturated rings. The molecule has 2 aromatic rings. The second-order valence-electron chi connectivity index (χ2n) is 3.77. The van der Waals surface area contributed by atoms with E-state index >= 15 is 0 Å². The average Bonchev–Trinajstić information content (AvgIpc) is 2.89. The number of carbonyl (C=O) groups excluding carboxylic acids is 1. The number of carboxylic acid groups (broad SMARTS) is 1. The first-order chi connectivity index (χ1) is 9.56. The molecule has 6 nitrogen and oxygen atoms in total. The van der Waals surface area contributed by atoms with Crippen LogP contribution in [0.3, 0.4) is 0 Å². The predicted octanol–water partition coefficient (Wildman–Crippen LogP) is 2.30. The van der Waals surface area contributed by atoms with Gasteiger partial charge in [0.05, 0.1) is 23.3 Å². The number of halogens is 1. The fourth-order valence-electron chi connectivity index (χ4n) is 1.47. The normalized spacial score (nSPS) is 10.1. The zero-order valence-corrected chi connectivity index (χ0v) is 10.9. The van der Waals surface area contributed by atoms with Gasteiger partial charge in [-0.05, 0) is 18.2 Å². The van der Waals surface area contributed by atoms with E-state index in [2.05, 4.69) is 15.6 Å². The van der Waals surface area contributed by atoms with Crippen LogP contribution >= 0.6 is 11.3 Å². The van der Waals surface area contributed by atoms with E-state index in [1.54, 1.807) is 11.7 Å². The number of hydrogen-bond acceptors (Lipinski definition) is 4. The lowest BCUT2D eigenvalue weighted by Gasteiger charge is -2.09. The molecule has 2 amide bonds. The molecule has 0 spiro atoms. The topological polar surface area (TPSA) is 91.3 Å². The van der Waals surface area contributed by atoms with Gasteiger partial charge in [-0.15, -0.1) is 11.3 Å². The summed E-state index contributed by atoms with van der Waals surface area (Å²) in [6, 6.07) is 2.45. The number of anilines is 1. The maximum atomic E-state index is 13.1. The Hall–Kier alpha value is -2.48. The molecule has 104 valence electrons. The monoisotopic (exact) mass is 295 g/mol. The minimum absolute atomic E-state index is 0.0979. The number of rotatable bonds is 4. The Bertz CT molecular complexity index is 631. The zero-order valence-electron chi connectivity index (χ0n) is 10.1. The van der Waals surface area contributed by atoms with Crippen LogP contribution in [0.5, 0.6) is 0 Å². The highest BCUT2D eigenvalue weighted by molar-refractivity contribution is 7.09. The van der Waals surface area contributed by atoms with Crippen LogP contribution in [0.2, 0.25) is 0 Å². The number of nitrogens with one attached hydrogen (secondary N) is 2. The van der Waals surface area contributed by atoms with Crippen molar-refractivity contribution < 1.29 is 19.1 Å². The molecule has 2 rings (SSSR count). The number of urea groups is 1. The molecule has 1 heterocycles. The zero-order chi connectivity index (χ0) is 14.5. The summed E-state index contributed by atoms with van der Waals surface area (Å²) in [5, 5.41) is 13.8. The number of thiazole rings is 1. The van der Waals surface area contributed by atoms with Gasteiger partial charge in [0.1, 0.15) is 5.82 Å². The van der Waals surface area contributed by atoms with Crippen LogP contribution in [0.15, 0.2) is 29.9 Å². The summed E-state index contributed by atoms with van der Waals surface area (Å²) < 4.78 is 13.1. The molecule has 1 aromatic heterocycles. The number of carboxylic acids is 1. The first kappa shape index (κ1) is 13.9. The van der Waals surface area contributed by atoms with Gasteiger partial charge in [-0.3, -0.25) is 4.98 Å². The van der Waals surface area contributed by atoms with Crippen LogP contribution in [0.25, 0.3) is 0 Å². The number of aromatic nitrogens is 1. The third-order valence-corrected chi connectivity index (χ3v) is 3.15. The SMILES string of the molecule is O=C(NCc1cncs1)Nc1cc(F)ccc1C(=O)O. The molecular formula is C12H10FN3O3S. The molecule has 0 atom stereocenters. The summed E-state index contributed by atoms with van der Waals surface area (Å²) in [5.74, 6) is -1.88.